The molecule has 0 unspecified atom stereocenters. The molecule has 4 rings (SSSR count). The van der Waals surface area contributed by atoms with Gasteiger partial charge in [-0.05, 0) is 83.8 Å². The Morgan fingerprint density at radius 3 is 2.43 bits per heavy atom. The summed E-state index contributed by atoms with van der Waals surface area (Å²) >= 11 is 0. The second-order valence-corrected chi connectivity index (χ2v) is 8.13. The molecule has 37 heavy (non-hydrogen) atoms. The molecule has 0 bridgehead atoms. The molecule has 0 saturated heterocycles. The van der Waals surface area contributed by atoms with Crippen LogP contribution >= 0.6 is 0 Å². The summed E-state index contributed by atoms with van der Waals surface area (Å²) in [5.41, 5.74) is 4.35. The van der Waals surface area contributed by atoms with Crippen molar-refractivity contribution in [3.05, 3.63) is 119 Å². The lowest BCUT2D eigenvalue weighted by Crippen LogP contribution is -2.10. The first kappa shape index (κ1) is 25.3. The van der Waals surface area contributed by atoms with E-state index in [-0.39, 0.29) is 12.4 Å². The molecule has 0 amide bonds. The Balaban J connectivity index is 1.49. The molecule has 1 aromatic heterocycles. The van der Waals surface area contributed by atoms with E-state index >= 15 is 0 Å². The maximum absolute atomic E-state index is 13.6. The summed E-state index contributed by atoms with van der Waals surface area (Å²) < 4.78 is 26.5. The van der Waals surface area contributed by atoms with E-state index in [1.165, 1.54) is 12.1 Å². The van der Waals surface area contributed by atoms with E-state index in [9.17, 15) is 9.18 Å². The molecule has 3 aromatic carbocycles. The van der Waals surface area contributed by atoms with Gasteiger partial charge in [0.2, 0.25) is 0 Å². The third kappa shape index (κ3) is 7.33. The van der Waals surface area contributed by atoms with Gasteiger partial charge in [-0.2, -0.15) is 5.10 Å². The van der Waals surface area contributed by atoms with Gasteiger partial charge in [0, 0.05) is 18.0 Å². The van der Waals surface area contributed by atoms with Crippen molar-refractivity contribution in [3.63, 3.8) is 0 Å². The summed E-state index contributed by atoms with van der Waals surface area (Å²) in [7, 11) is 0. The minimum absolute atomic E-state index is 0.271. The van der Waals surface area contributed by atoms with Crippen molar-refractivity contribution in [2.24, 2.45) is 0 Å². The number of nitrogens with zero attached hydrogens (tertiary/aromatic N) is 2. The third-order valence-corrected chi connectivity index (χ3v) is 5.42. The van der Waals surface area contributed by atoms with Gasteiger partial charge in [-0.1, -0.05) is 36.1 Å². The van der Waals surface area contributed by atoms with Crippen LogP contribution in [0.4, 0.5) is 4.39 Å². The number of hydrogen-bond donors (Lipinski definition) is 1. The zero-order valence-corrected chi connectivity index (χ0v) is 20.2. The Morgan fingerprint density at radius 2 is 1.78 bits per heavy atom. The van der Waals surface area contributed by atoms with E-state index in [0.29, 0.717) is 18.0 Å². The number of carbonyl (C=O) groups is 1. The van der Waals surface area contributed by atoms with E-state index < -0.39 is 12.6 Å². The highest BCUT2D eigenvalue weighted by Gasteiger charge is 2.08. The summed E-state index contributed by atoms with van der Waals surface area (Å²) in [4.78, 5) is 10.7. The monoisotopic (exact) mass is 496 g/mol. The van der Waals surface area contributed by atoms with Crippen molar-refractivity contribution in [1.82, 2.24) is 9.78 Å². The van der Waals surface area contributed by atoms with E-state index in [2.05, 4.69) is 16.9 Å². The molecular formula is C30H25FN2O4. The standard InChI is InChI=1S/C30H25FN2O4/c1-22-20-27(13-14-29(22)37-21-30(34)35)36-19-15-28(25-9-11-26(31)12-10-25)24-7-5-23(6-8-24)4-2-17-33-18-3-16-32-33/h3,5-16,18,20H,17,19,21H2,1H3,(H,34,35). The number of hydrogen-bond acceptors (Lipinski definition) is 4. The normalized spacial score (nSPS) is 10.9. The molecule has 0 fully saturated rings. The van der Waals surface area contributed by atoms with Crippen molar-refractivity contribution in [2.45, 2.75) is 13.5 Å². The summed E-state index contributed by atoms with van der Waals surface area (Å²) in [6, 6.07) is 21.2. The van der Waals surface area contributed by atoms with Gasteiger partial charge in [0.25, 0.3) is 0 Å². The minimum atomic E-state index is -1.03. The van der Waals surface area contributed by atoms with Crippen LogP contribution in [0.25, 0.3) is 5.57 Å². The molecule has 0 saturated carbocycles. The van der Waals surface area contributed by atoms with Crippen LogP contribution in [0.1, 0.15) is 22.3 Å². The highest BCUT2D eigenvalue weighted by atomic mass is 19.1. The number of halogens is 1. The maximum atomic E-state index is 13.6. The first-order valence-corrected chi connectivity index (χ1v) is 11.6. The Bertz CT molecular complexity index is 1430. The molecule has 0 aliphatic heterocycles. The first-order valence-electron chi connectivity index (χ1n) is 11.6. The van der Waals surface area contributed by atoms with Gasteiger partial charge >= 0.3 is 5.97 Å². The first-order chi connectivity index (χ1) is 18.0. The molecule has 6 nitrogen and oxygen atoms in total. The predicted octanol–water partition coefficient (Wildman–Crippen LogP) is 5.36. The molecule has 0 aliphatic carbocycles. The molecule has 4 aromatic rings. The number of carboxylic acid groups (broad SMARTS) is 1. The van der Waals surface area contributed by atoms with Gasteiger partial charge in [0.15, 0.2) is 6.61 Å². The van der Waals surface area contributed by atoms with E-state index in [4.69, 9.17) is 14.6 Å². The molecule has 0 spiro atoms. The summed E-state index contributed by atoms with van der Waals surface area (Å²) in [6.45, 7) is 2.20. The van der Waals surface area contributed by atoms with Crippen LogP contribution in [-0.2, 0) is 11.3 Å². The average Bonchev–Trinajstić information content (AvgIpc) is 3.41. The fourth-order valence-corrected chi connectivity index (χ4v) is 3.62. The van der Waals surface area contributed by atoms with Gasteiger partial charge in [0.1, 0.15) is 30.5 Å². The predicted molar refractivity (Wildman–Crippen MR) is 139 cm³/mol. The highest BCUT2D eigenvalue weighted by Crippen LogP contribution is 2.26. The average molecular weight is 497 g/mol. The van der Waals surface area contributed by atoms with Gasteiger partial charge in [0.05, 0.1) is 0 Å². The molecule has 0 aliphatic rings. The second kappa shape index (κ2) is 12.2. The Kier molecular flexibility index (Phi) is 8.35. The molecule has 1 N–H and O–H groups in total. The third-order valence-electron chi connectivity index (χ3n) is 5.42. The van der Waals surface area contributed by atoms with Crippen molar-refractivity contribution < 1.29 is 23.8 Å². The zero-order valence-electron chi connectivity index (χ0n) is 20.2. The van der Waals surface area contributed by atoms with Gasteiger partial charge in [-0.25, -0.2) is 9.18 Å². The number of aryl methyl sites for hydroxylation is 1. The molecule has 186 valence electrons. The SMILES string of the molecule is Cc1cc(OCC=C(c2ccc(F)cc2)c2ccc(C#CCn3cccn3)cc2)ccc1OCC(=O)O. The molecule has 0 atom stereocenters. The highest BCUT2D eigenvalue weighted by molar-refractivity contribution is 5.80. The molecule has 0 radical (unpaired) electrons. The van der Waals surface area contributed by atoms with Gasteiger partial charge < -0.3 is 14.6 Å². The maximum Gasteiger partial charge on any atom is 0.341 e. The van der Waals surface area contributed by atoms with Crippen molar-refractivity contribution >= 4 is 11.5 Å². The van der Waals surface area contributed by atoms with Crippen LogP contribution in [0.2, 0.25) is 0 Å². The number of ether oxygens (including phenoxy) is 2. The smallest absolute Gasteiger partial charge is 0.341 e. The van der Waals surface area contributed by atoms with Crippen LogP contribution in [0, 0.1) is 24.6 Å². The second-order valence-electron chi connectivity index (χ2n) is 8.13. The van der Waals surface area contributed by atoms with Crippen molar-refractivity contribution in [1.29, 1.82) is 0 Å². The van der Waals surface area contributed by atoms with Crippen LogP contribution in [0.5, 0.6) is 11.5 Å². The Morgan fingerprint density at radius 1 is 1.05 bits per heavy atom. The Hall–Kier alpha value is -4.83. The topological polar surface area (TPSA) is 73.6 Å². The lowest BCUT2D eigenvalue weighted by molar-refractivity contribution is -0.139. The Labute approximate surface area is 214 Å². The van der Waals surface area contributed by atoms with Gasteiger partial charge in [-0.3, -0.25) is 4.68 Å². The fraction of sp³-hybridized carbons (Fsp3) is 0.133. The molecular weight excluding hydrogens is 471 g/mol. The number of rotatable bonds is 9. The number of aromatic nitrogens is 2. The summed E-state index contributed by atoms with van der Waals surface area (Å²) in [5, 5.41) is 12.9. The quantitative estimate of drug-likeness (QED) is 0.316. The fourth-order valence-electron chi connectivity index (χ4n) is 3.62. The summed E-state index contributed by atoms with van der Waals surface area (Å²) in [6.07, 6.45) is 5.52. The largest absolute Gasteiger partial charge is 0.489 e. The van der Waals surface area contributed by atoms with Crippen LogP contribution < -0.4 is 9.47 Å². The summed E-state index contributed by atoms with van der Waals surface area (Å²) in [5.74, 6) is 6.02. The van der Waals surface area contributed by atoms with Crippen molar-refractivity contribution in [3.8, 4) is 23.3 Å². The molecule has 7 heteroatoms. The number of aliphatic carboxylic acids is 1. The van der Waals surface area contributed by atoms with E-state index in [1.807, 2.05) is 49.5 Å². The van der Waals surface area contributed by atoms with Crippen LogP contribution in [-0.4, -0.2) is 34.1 Å². The number of benzene rings is 3. The molecule has 1 heterocycles. The van der Waals surface area contributed by atoms with E-state index in [1.54, 1.807) is 41.2 Å². The lowest BCUT2D eigenvalue weighted by Gasteiger charge is -2.12. The van der Waals surface area contributed by atoms with Crippen LogP contribution in [0.15, 0.2) is 91.3 Å². The zero-order chi connectivity index (χ0) is 26.0. The number of carboxylic acids is 1. The minimum Gasteiger partial charge on any atom is -0.489 e. The van der Waals surface area contributed by atoms with Crippen LogP contribution in [0.3, 0.4) is 0 Å². The van der Waals surface area contributed by atoms with Gasteiger partial charge in [-0.15, -0.1) is 0 Å². The van der Waals surface area contributed by atoms with Crippen molar-refractivity contribution in [2.75, 3.05) is 13.2 Å². The lowest BCUT2D eigenvalue weighted by atomic mass is 9.96. The van der Waals surface area contributed by atoms with E-state index in [0.717, 1.165) is 27.8 Å².